The number of halogens is 2. The largest absolute Gasteiger partial charge is 0.476 e. The SMILES string of the molecule is CCOc1cc(C(=O)N2C3CCC2CC(CC(F)F)C3)on1. The van der Waals surface area contributed by atoms with Crippen molar-refractivity contribution in [3.8, 4) is 5.88 Å². The zero-order valence-electron chi connectivity index (χ0n) is 12.5. The Morgan fingerprint density at radius 2 is 2.14 bits per heavy atom. The quantitative estimate of drug-likeness (QED) is 0.838. The van der Waals surface area contributed by atoms with E-state index in [4.69, 9.17) is 9.26 Å². The lowest BCUT2D eigenvalue weighted by molar-refractivity contribution is 0.0377. The summed E-state index contributed by atoms with van der Waals surface area (Å²) < 4.78 is 35.4. The van der Waals surface area contributed by atoms with E-state index in [2.05, 4.69) is 5.16 Å². The van der Waals surface area contributed by atoms with Crippen LogP contribution in [0.25, 0.3) is 0 Å². The van der Waals surface area contributed by atoms with Crippen LogP contribution in [0.5, 0.6) is 5.88 Å². The van der Waals surface area contributed by atoms with Crippen LogP contribution in [-0.4, -0.2) is 41.1 Å². The predicted molar refractivity (Wildman–Crippen MR) is 74.0 cm³/mol. The van der Waals surface area contributed by atoms with E-state index in [0.29, 0.717) is 25.3 Å². The van der Waals surface area contributed by atoms with E-state index in [9.17, 15) is 13.6 Å². The molecular weight excluding hydrogens is 294 g/mol. The van der Waals surface area contributed by atoms with E-state index in [0.717, 1.165) is 12.8 Å². The number of carbonyl (C=O) groups is 1. The van der Waals surface area contributed by atoms with Crippen LogP contribution in [0, 0.1) is 5.92 Å². The summed E-state index contributed by atoms with van der Waals surface area (Å²) in [6.07, 6.45) is 0.726. The van der Waals surface area contributed by atoms with Crippen LogP contribution in [0.15, 0.2) is 10.6 Å². The summed E-state index contributed by atoms with van der Waals surface area (Å²) in [5, 5.41) is 3.70. The molecule has 1 amide bonds. The molecule has 7 heteroatoms. The molecule has 0 N–H and O–H groups in total. The van der Waals surface area contributed by atoms with Gasteiger partial charge in [0.15, 0.2) is 0 Å². The summed E-state index contributed by atoms with van der Waals surface area (Å²) in [6.45, 7) is 2.27. The van der Waals surface area contributed by atoms with Crippen LogP contribution in [-0.2, 0) is 0 Å². The molecule has 0 saturated carbocycles. The van der Waals surface area contributed by atoms with Crippen molar-refractivity contribution in [1.29, 1.82) is 0 Å². The minimum absolute atomic E-state index is 0.00950. The van der Waals surface area contributed by atoms with Gasteiger partial charge in [-0.2, -0.15) is 0 Å². The lowest BCUT2D eigenvalue weighted by atomic mass is 9.88. The molecule has 1 aromatic rings. The van der Waals surface area contributed by atoms with Crippen molar-refractivity contribution in [2.24, 2.45) is 5.92 Å². The van der Waals surface area contributed by atoms with Gasteiger partial charge in [-0.3, -0.25) is 4.79 Å². The number of fused-ring (bicyclic) bond motifs is 2. The molecule has 2 unspecified atom stereocenters. The Balaban J connectivity index is 1.69. The lowest BCUT2D eigenvalue weighted by Crippen LogP contribution is -2.46. The lowest BCUT2D eigenvalue weighted by Gasteiger charge is -2.38. The number of rotatable bonds is 5. The summed E-state index contributed by atoms with van der Waals surface area (Å²) in [5.41, 5.74) is 0. The second-order valence-electron chi connectivity index (χ2n) is 6.02. The number of carbonyl (C=O) groups excluding carboxylic acids is 1. The third-order valence-electron chi connectivity index (χ3n) is 4.57. The molecule has 3 heterocycles. The Kier molecular flexibility index (Phi) is 4.31. The number of nitrogens with zero attached hydrogens (tertiary/aromatic N) is 2. The second kappa shape index (κ2) is 6.22. The van der Waals surface area contributed by atoms with Crippen molar-refractivity contribution in [1.82, 2.24) is 10.1 Å². The van der Waals surface area contributed by atoms with Crippen LogP contribution in [0.1, 0.15) is 49.6 Å². The van der Waals surface area contributed by atoms with Crippen LogP contribution in [0.4, 0.5) is 8.78 Å². The van der Waals surface area contributed by atoms with Gasteiger partial charge in [0, 0.05) is 18.5 Å². The highest BCUT2D eigenvalue weighted by atomic mass is 19.3. The van der Waals surface area contributed by atoms with Crippen molar-refractivity contribution in [3.63, 3.8) is 0 Å². The maximum atomic E-state index is 12.6. The molecule has 0 aliphatic carbocycles. The number of piperidine rings is 1. The van der Waals surface area contributed by atoms with E-state index in [1.165, 1.54) is 6.07 Å². The highest BCUT2D eigenvalue weighted by Gasteiger charge is 2.44. The minimum Gasteiger partial charge on any atom is -0.476 e. The number of hydrogen-bond acceptors (Lipinski definition) is 4. The fourth-order valence-electron chi connectivity index (χ4n) is 3.77. The molecule has 2 aliphatic rings. The first-order chi connectivity index (χ1) is 10.6. The molecule has 3 rings (SSSR count). The highest BCUT2D eigenvalue weighted by Crippen LogP contribution is 2.41. The first-order valence-corrected chi connectivity index (χ1v) is 7.78. The van der Waals surface area contributed by atoms with Gasteiger partial charge in [0.05, 0.1) is 12.7 Å². The van der Waals surface area contributed by atoms with Gasteiger partial charge in [0.1, 0.15) is 0 Å². The summed E-state index contributed by atoms with van der Waals surface area (Å²) in [6, 6.07) is 1.57. The second-order valence-corrected chi connectivity index (χ2v) is 6.02. The van der Waals surface area contributed by atoms with E-state index in [-0.39, 0.29) is 36.1 Å². The highest BCUT2D eigenvalue weighted by molar-refractivity contribution is 5.92. The molecule has 2 atom stereocenters. The van der Waals surface area contributed by atoms with Crippen molar-refractivity contribution in [2.45, 2.75) is 57.5 Å². The molecule has 5 nitrogen and oxygen atoms in total. The number of hydrogen-bond donors (Lipinski definition) is 0. The van der Waals surface area contributed by atoms with Crippen molar-refractivity contribution < 1.29 is 22.8 Å². The Hall–Kier alpha value is -1.66. The van der Waals surface area contributed by atoms with Gasteiger partial charge < -0.3 is 14.2 Å². The average molecular weight is 314 g/mol. The van der Waals surface area contributed by atoms with E-state index in [1.54, 1.807) is 4.90 Å². The standard InChI is InChI=1S/C15H20F2N2O3/c1-2-21-14-8-12(22-18-14)15(20)19-10-3-4-11(19)6-9(5-10)7-13(16)17/h8-11,13H,2-7H2,1H3. The summed E-state index contributed by atoms with van der Waals surface area (Å²) in [5.74, 6) is 0.259. The number of alkyl halides is 2. The zero-order chi connectivity index (χ0) is 15.7. The smallest absolute Gasteiger partial charge is 0.293 e. The Morgan fingerprint density at radius 3 is 2.73 bits per heavy atom. The molecule has 0 aromatic carbocycles. The monoisotopic (exact) mass is 314 g/mol. The zero-order valence-corrected chi connectivity index (χ0v) is 12.5. The number of amides is 1. The van der Waals surface area contributed by atoms with Gasteiger partial charge in [0.25, 0.3) is 11.8 Å². The first-order valence-electron chi connectivity index (χ1n) is 7.78. The maximum Gasteiger partial charge on any atom is 0.293 e. The van der Waals surface area contributed by atoms with Gasteiger partial charge in [0.2, 0.25) is 12.2 Å². The molecule has 0 radical (unpaired) electrons. The molecule has 22 heavy (non-hydrogen) atoms. The molecule has 2 fully saturated rings. The normalized spacial score (nSPS) is 27.5. The minimum atomic E-state index is -2.27. The van der Waals surface area contributed by atoms with Gasteiger partial charge >= 0.3 is 0 Å². The van der Waals surface area contributed by atoms with Crippen molar-refractivity contribution in [2.75, 3.05) is 6.61 Å². The third-order valence-corrected chi connectivity index (χ3v) is 4.57. The fourth-order valence-corrected chi connectivity index (χ4v) is 3.77. The average Bonchev–Trinajstić information content (AvgIpc) is 3.02. The van der Waals surface area contributed by atoms with Crippen LogP contribution in [0.2, 0.25) is 0 Å². The van der Waals surface area contributed by atoms with E-state index < -0.39 is 6.43 Å². The van der Waals surface area contributed by atoms with Crippen molar-refractivity contribution >= 4 is 5.91 Å². The Bertz CT molecular complexity index is 521. The molecule has 122 valence electrons. The molecule has 2 bridgehead atoms. The topological polar surface area (TPSA) is 55.6 Å². The van der Waals surface area contributed by atoms with Gasteiger partial charge in [-0.15, -0.1) is 0 Å². The van der Waals surface area contributed by atoms with Gasteiger partial charge in [-0.1, -0.05) is 0 Å². The number of aromatic nitrogens is 1. The third kappa shape index (κ3) is 2.94. The summed E-state index contributed by atoms with van der Waals surface area (Å²) in [7, 11) is 0. The maximum absolute atomic E-state index is 12.6. The molecule has 0 spiro atoms. The van der Waals surface area contributed by atoms with Crippen LogP contribution < -0.4 is 4.74 Å². The van der Waals surface area contributed by atoms with Gasteiger partial charge in [-0.05, 0) is 43.7 Å². The molecule has 2 saturated heterocycles. The van der Waals surface area contributed by atoms with Crippen molar-refractivity contribution in [3.05, 3.63) is 11.8 Å². The van der Waals surface area contributed by atoms with Crippen LogP contribution in [0.3, 0.4) is 0 Å². The first kappa shape index (κ1) is 15.2. The Labute approximate surface area is 127 Å². The van der Waals surface area contributed by atoms with Crippen LogP contribution >= 0.6 is 0 Å². The fraction of sp³-hybridized carbons (Fsp3) is 0.733. The molecule has 2 aliphatic heterocycles. The summed E-state index contributed by atoms with van der Waals surface area (Å²) >= 11 is 0. The van der Waals surface area contributed by atoms with Gasteiger partial charge in [-0.25, -0.2) is 8.78 Å². The number of ether oxygens (including phenoxy) is 1. The Morgan fingerprint density at radius 1 is 1.45 bits per heavy atom. The molecule has 1 aromatic heterocycles. The van der Waals surface area contributed by atoms with E-state index >= 15 is 0 Å². The van der Waals surface area contributed by atoms with E-state index in [1.807, 2.05) is 6.92 Å². The predicted octanol–water partition coefficient (Wildman–Crippen LogP) is 3.11. The molecular formula is C15H20F2N2O3. The summed E-state index contributed by atoms with van der Waals surface area (Å²) in [4.78, 5) is 14.4.